The molecule has 88 valence electrons. The molecule has 1 N–H and O–H groups in total. The maximum Gasteiger partial charge on any atom is 0.134 e. The van der Waals surface area contributed by atoms with Crippen LogP contribution in [0.25, 0.3) is 0 Å². The average molecular weight is 221 g/mol. The smallest absolute Gasteiger partial charge is 0.134 e. The fourth-order valence-electron chi connectivity index (χ4n) is 1.78. The molecule has 3 nitrogen and oxygen atoms in total. The van der Waals surface area contributed by atoms with E-state index in [0.29, 0.717) is 0 Å². The van der Waals surface area contributed by atoms with Gasteiger partial charge < -0.3 is 9.47 Å². The van der Waals surface area contributed by atoms with Crippen molar-refractivity contribution < 1.29 is 9.47 Å². The predicted octanol–water partition coefficient (Wildman–Crippen LogP) is 2.34. The minimum absolute atomic E-state index is 0.0129. The summed E-state index contributed by atoms with van der Waals surface area (Å²) in [6.45, 7) is 6.16. The summed E-state index contributed by atoms with van der Waals surface area (Å²) in [4.78, 5) is 0. The first kappa shape index (κ1) is 11.4. The summed E-state index contributed by atoms with van der Waals surface area (Å²) in [6.07, 6.45) is 0.0129. The van der Waals surface area contributed by atoms with Gasteiger partial charge in [-0.3, -0.25) is 5.32 Å². The van der Waals surface area contributed by atoms with E-state index in [1.807, 2.05) is 24.3 Å². The van der Waals surface area contributed by atoms with Crippen LogP contribution in [0.4, 0.5) is 0 Å². The standard InChI is InChI=1S/C13H19NO2/c1-13(2)8-14-12(16-9-13)10-4-6-11(15-3)7-5-10/h4-7,12,14H,8-9H2,1-3H3. The Hall–Kier alpha value is -1.06. The van der Waals surface area contributed by atoms with E-state index >= 15 is 0 Å². The molecule has 0 aliphatic carbocycles. The highest BCUT2D eigenvalue weighted by Gasteiger charge is 2.27. The normalized spacial score (nSPS) is 24.1. The lowest BCUT2D eigenvalue weighted by Crippen LogP contribution is -2.42. The molecule has 0 amide bonds. The van der Waals surface area contributed by atoms with E-state index in [1.54, 1.807) is 7.11 Å². The Morgan fingerprint density at radius 2 is 2.00 bits per heavy atom. The van der Waals surface area contributed by atoms with Crippen LogP contribution in [-0.2, 0) is 4.74 Å². The van der Waals surface area contributed by atoms with Crippen molar-refractivity contribution in [2.45, 2.75) is 20.1 Å². The molecule has 1 fully saturated rings. The van der Waals surface area contributed by atoms with Crippen LogP contribution < -0.4 is 10.1 Å². The molecule has 1 unspecified atom stereocenters. The molecule has 1 aromatic carbocycles. The van der Waals surface area contributed by atoms with Crippen molar-refractivity contribution in [3.05, 3.63) is 29.8 Å². The Morgan fingerprint density at radius 1 is 1.31 bits per heavy atom. The first-order valence-electron chi connectivity index (χ1n) is 5.60. The summed E-state index contributed by atoms with van der Waals surface area (Å²) in [5.41, 5.74) is 1.37. The second kappa shape index (κ2) is 4.44. The van der Waals surface area contributed by atoms with Gasteiger partial charge in [0.15, 0.2) is 0 Å². The second-order valence-corrected chi connectivity index (χ2v) is 5.01. The Labute approximate surface area is 96.8 Å². The third-order valence-corrected chi connectivity index (χ3v) is 2.83. The molecule has 1 aliphatic heterocycles. The van der Waals surface area contributed by atoms with Gasteiger partial charge in [0, 0.05) is 12.0 Å². The van der Waals surface area contributed by atoms with Crippen LogP contribution in [0.5, 0.6) is 5.75 Å². The van der Waals surface area contributed by atoms with E-state index in [1.165, 1.54) is 0 Å². The number of methoxy groups -OCH3 is 1. The maximum absolute atomic E-state index is 5.80. The molecule has 16 heavy (non-hydrogen) atoms. The summed E-state index contributed by atoms with van der Waals surface area (Å²) >= 11 is 0. The first-order valence-corrected chi connectivity index (χ1v) is 5.60. The van der Waals surface area contributed by atoms with Crippen LogP contribution >= 0.6 is 0 Å². The van der Waals surface area contributed by atoms with Crippen LogP contribution in [0.3, 0.4) is 0 Å². The molecule has 1 saturated heterocycles. The van der Waals surface area contributed by atoms with Crippen LogP contribution in [0.15, 0.2) is 24.3 Å². The van der Waals surface area contributed by atoms with Gasteiger partial charge in [0.1, 0.15) is 12.0 Å². The van der Waals surface area contributed by atoms with Crippen LogP contribution in [-0.4, -0.2) is 20.3 Å². The highest BCUT2D eigenvalue weighted by atomic mass is 16.5. The minimum atomic E-state index is 0.0129. The lowest BCUT2D eigenvalue weighted by Gasteiger charge is -2.35. The quantitative estimate of drug-likeness (QED) is 0.831. The maximum atomic E-state index is 5.80. The molecule has 1 atom stereocenters. The summed E-state index contributed by atoms with van der Waals surface area (Å²) in [5.74, 6) is 0.875. The Morgan fingerprint density at radius 3 is 2.50 bits per heavy atom. The van der Waals surface area contributed by atoms with Crippen molar-refractivity contribution in [2.75, 3.05) is 20.3 Å². The summed E-state index contributed by atoms with van der Waals surface area (Å²) in [5, 5.41) is 3.40. The molecule has 1 aromatic rings. The third kappa shape index (κ3) is 2.54. The molecular weight excluding hydrogens is 202 g/mol. The zero-order valence-electron chi connectivity index (χ0n) is 10.1. The van der Waals surface area contributed by atoms with Gasteiger partial charge in [0.25, 0.3) is 0 Å². The van der Waals surface area contributed by atoms with E-state index in [4.69, 9.17) is 9.47 Å². The fraction of sp³-hybridized carbons (Fsp3) is 0.538. The first-order chi connectivity index (χ1) is 7.61. The second-order valence-electron chi connectivity index (χ2n) is 5.01. The van der Waals surface area contributed by atoms with Gasteiger partial charge in [0.2, 0.25) is 0 Å². The van der Waals surface area contributed by atoms with Gasteiger partial charge in [0.05, 0.1) is 13.7 Å². The molecule has 0 aromatic heterocycles. The molecular formula is C13H19NO2. The highest BCUT2D eigenvalue weighted by Crippen LogP contribution is 2.27. The molecule has 0 bridgehead atoms. The SMILES string of the molecule is COc1ccc(C2NCC(C)(C)CO2)cc1. The van der Waals surface area contributed by atoms with Gasteiger partial charge in [-0.05, 0) is 17.7 Å². The van der Waals surface area contributed by atoms with Crippen LogP contribution in [0.2, 0.25) is 0 Å². The van der Waals surface area contributed by atoms with Gasteiger partial charge in [-0.2, -0.15) is 0 Å². The Kier molecular flexibility index (Phi) is 3.17. The highest BCUT2D eigenvalue weighted by molar-refractivity contribution is 5.28. The average Bonchev–Trinajstić information content (AvgIpc) is 2.29. The Bertz CT molecular complexity index is 335. The number of hydrogen-bond acceptors (Lipinski definition) is 3. The monoisotopic (exact) mass is 221 g/mol. The van der Waals surface area contributed by atoms with Crippen LogP contribution in [0, 0.1) is 5.41 Å². The van der Waals surface area contributed by atoms with E-state index in [9.17, 15) is 0 Å². The topological polar surface area (TPSA) is 30.5 Å². The molecule has 1 heterocycles. The molecule has 3 heteroatoms. The molecule has 0 saturated carbocycles. The van der Waals surface area contributed by atoms with Crippen molar-refractivity contribution in [1.29, 1.82) is 0 Å². The summed E-state index contributed by atoms with van der Waals surface area (Å²) < 4.78 is 10.9. The van der Waals surface area contributed by atoms with E-state index in [0.717, 1.165) is 24.5 Å². The summed E-state index contributed by atoms with van der Waals surface area (Å²) in [7, 11) is 1.67. The lowest BCUT2D eigenvalue weighted by atomic mass is 9.93. The van der Waals surface area contributed by atoms with Gasteiger partial charge in [-0.15, -0.1) is 0 Å². The number of rotatable bonds is 2. The third-order valence-electron chi connectivity index (χ3n) is 2.83. The zero-order valence-corrected chi connectivity index (χ0v) is 10.1. The van der Waals surface area contributed by atoms with Gasteiger partial charge >= 0.3 is 0 Å². The number of nitrogens with one attached hydrogen (secondary N) is 1. The van der Waals surface area contributed by atoms with Gasteiger partial charge in [-0.1, -0.05) is 26.0 Å². The van der Waals surface area contributed by atoms with E-state index in [-0.39, 0.29) is 11.6 Å². The zero-order chi connectivity index (χ0) is 11.6. The van der Waals surface area contributed by atoms with E-state index < -0.39 is 0 Å². The molecule has 0 radical (unpaired) electrons. The van der Waals surface area contributed by atoms with Crippen molar-refractivity contribution in [2.24, 2.45) is 5.41 Å². The number of hydrogen-bond donors (Lipinski definition) is 1. The van der Waals surface area contributed by atoms with Crippen molar-refractivity contribution >= 4 is 0 Å². The van der Waals surface area contributed by atoms with E-state index in [2.05, 4.69) is 19.2 Å². The summed E-state index contributed by atoms with van der Waals surface area (Å²) in [6, 6.07) is 7.99. The number of benzene rings is 1. The molecule has 1 aliphatic rings. The Balaban J connectivity index is 2.03. The van der Waals surface area contributed by atoms with Crippen molar-refractivity contribution in [3.63, 3.8) is 0 Å². The number of ether oxygens (including phenoxy) is 2. The molecule has 2 rings (SSSR count). The van der Waals surface area contributed by atoms with Crippen LogP contribution in [0.1, 0.15) is 25.6 Å². The molecule has 0 spiro atoms. The van der Waals surface area contributed by atoms with Crippen molar-refractivity contribution in [3.8, 4) is 5.75 Å². The predicted molar refractivity (Wildman–Crippen MR) is 63.5 cm³/mol. The van der Waals surface area contributed by atoms with Crippen molar-refractivity contribution in [1.82, 2.24) is 5.32 Å². The fourth-order valence-corrected chi connectivity index (χ4v) is 1.78. The van der Waals surface area contributed by atoms with Gasteiger partial charge in [-0.25, -0.2) is 0 Å². The minimum Gasteiger partial charge on any atom is -0.497 e. The largest absolute Gasteiger partial charge is 0.497 e. The lowest BCUT2D eigenvalue weighted by molar-refractivity contribution is -0.0595.